The molecule has 1 unspecified atom stereocenters. The molecule has 26 heavy (non-hydrogen) atoms. The third kappa shape index (κ3) is 3.14. The van der Waals surface area contributed by atoms with Gasteiger partial charge in [0.05, 0.1) is 24.5 Å². The average molecular weight is 356 g/mol. The summed E-state index contributed by atoms with van der Waals surface area (Å²) >= 11 is 0. The van der Waals surface area contributed by atoms with E-state index >= 15 is 0 Å². The second-order valence-electron chi connectivity index (χ2n) is 6.53. The predicted molar refractivity (Wildman–Crippen MR) is 98.1 cm³/mol. The van der Waals surface area contributed by atoms with Crippen LogP contribution in [0.5, 0.6) is 5.75 Å². The van der Waals surface area contributed by atoms with Crippen LogP contribution in [0.1, 0.15) is 12.8 Å². The molecule has 0 spiro atoms. The van der Waals surface area contributed by atoms with Gasteiger partial charge in [0.2, 0.25) is 0 Å². The number of piperidine rings is 1. The monoisotopic (exact) mass is 356 g/mol. The Labute approximate surface area is 150 Å². The van der Waals surface area contributed by atoms with Crippen LogP contribution in [-0.4, -0.2) is 46.0 Å². The van der Waals surface area contributed by atoms with Crippen molar-refractivity contribution in [1.29, 1.82) is 0 Å². The fraction of sp³-hybridized carbons (Fsp3) is 0.389. The summed E-state index contributed by atoms with van der Waals surface area (Å²) in [7, 11) is 3.37. The smallest absolute Gasteiger partial charge is 0.167 e. The van der Waals surface area contributed by atoms with Gasteiger partial charge in [0.15, 0.2) is 11.6 Å². The highest BCUT2D eigenvalue weighted by molar-refractivity contribution is 5.90. The standard InChI is InChI=1S/C18H21FN6O/c1-24-10-13(8-22-24)25-5-3-4-12(9-25)23-18-14-6-17(26-2)15(19)7-16(14)20-11-21-18/h6-8,10-12H,3-5,9H2,1-2H3,(H,20,21,23). The van der Waals surface area contributed by atoms with Gasteiger partial charge in [0, 0.05) is 43.8 Å². The van der Waals surface area contributed by atoms with E-state index < -0.39 is 5.82 Å². The summed E-state index contributed by atoms with van der Waals surface area (Å²) in [5, 5.41) is 8.51. The maximum Gasteiger partial charge on any atom is 0.167 e. The van der Waals surface area contributed by atoms with Gasteiger partial charge in [0.1, 0.15) is 12.1 Å². The molecule has 1 saturated heterocycles. The molecule has 0 amide bonds. The highest BCUT2D eigenvalue weighted by Gasteiger charge is 2.22. The number of ether oxygens (including phenoxy) is 1. The number of benzene rings is 1. The van der Waals surface area contributed by atoms with Crippen LogP contribution in [0.4, 0.5) is 15.9 Å². The minimum absolute atomic E-state index is 0.191. The first-order valence-corrected chi connectivity index (χ1v) is 8.62. The number of rotatable bonds is 4. The molecule has 136 valence electrons. The van der Waals surface area contributed by atoms with Crippen molar-refractivity contribution in [3.63, 3.8) is 0 Å². The second kappa shape index (κ2) is 6.78. The third-order valence-electron chi connectivity index (χ3n) is 4.73. The van der Waals surface area contributed by atoms with Gasteiger partial charge < -0.3 is 15.0 Å². The van der Waals surface area contributed by atoms with Gasteiger partial charge in [0.25, 0.3) is 0 Å². The van der Waals surface area contributed by atoms with E-state index in [1.807, 2.05) is 24.1 Å². The number of aromatic nitrogens is 4. The molecule has 1 fully saturated rings. The number of aryl methyl sites for hydroxylation is 1. The topological polar surface area (TPSA) is 68.1 Å². The molecule has 3 aromatic rings. The highest BCUT2D eigenvalue weighted by atomic mass is 19.1. The van der Waals surface area contributed by atoms with Crippen LogP contribution in [0.2, 0.25) is 0 Å². The molecule has 0 saturated carbocycles. The van der Waals surface area contributed by atoms with Crippen LogP contribution < -0.4 is 15.0 Å². The largest absolute Gasteiger partial charge is 0.494 e. The van der Waals surface area contributed by atoms with Gasteiger partial charge in [-0.1, -0.05) is 0 Å². The molecule has 1 aromatic carbocycles. The summed E-state index contributed by atoms with van der Waals surface area (Å²) in [6.07, 6.45) is 7.48. The molecule has 0 radical (unpaired) electrons. The Balaban J connectivity index is 1.58. The predicted octanol–water partition coefficient (Wildman–Crippen LogP) is 2.59. The molecule has 0 bridgehead atoms. The van der Waals surface area contributed by atoms with Crippen molar-refractivity contribution in [2.45, 2.75) is 18.9 Å². The molecular weight excluding hydrogens is 335 g/mol. The molecule has 7 nitrogen and oxygen atoms in total. The van der Waals surface area contributed by atoms with Crippen LogP contribution >= 0.6 is 0 Å². The summed E-state index contributed by atoms with van der Waals surface area (Å²) in [6, 6.07) is 3.26. The maximum absolute atomic E-state index is 13.9. The lowest BCUT2D eigenvalue weighted by Gasteiger charge is -2.34. The van der Waals surface area contributed by atoms with Crippen LogP contribution in [-0.2, 0) is 7.05 Å². The van der Waals surface area contributed by atoms with E-state index in [0.717, 1.165) is 37.0 Å². The van der Waals surface area contributed by atoms with Gasteiger partial charge >= 0.3 is 0 Å². The number of anilines is 2. The highest BCUT2D eigenvalue weighted by Crippen LogP contribution is 2.29. The molecule has 0 aliphatic carbocycles. The van der Waals surface area contributed by atoms with Gasteiger partial charge in [-0.2, -0.15) is 5.10 Å². The van der Waals surface area contributed by atoms with Crippen molar-refractivity contribution >= 4 is 22.4 Å². The first-order chi connectivity index (χ1) is 12.6. The normalized spacial score (nSPS) is 17.5. The number of methoxy groups -OCH3 is 1. The Morgan fingerprint density at radius 3 is 2.96 bits per heavy atom. The van der Waals surface area contributed by atoms with Crippen molar-refractivity contribution in [1.82, 2.24) is 19.7 Å². The molecule has 2 aromatic heterocycles. The SMILES string of the molecule is COc1cc2c(NC3CCCN(c4cnn(C)c4)C3)ncnc2cc1F. The van der Waals surface area contributed by atoms with Gasteiger partial charge in [-0.25, -0.2) is 14.4 Å². The number of hydrogen-bond donors (Lipinski definition) is 1. The molecule has 8 heteroatoms. The fourth-order valence-corrected chi connectivity index (χ4v) is 3.42. The second-order valence-corrected chi connectivity index (χ2v) is 6.53. The number of hydrogen-bond acceptors (Lipinski definition) is 6. The minimum atomic E-state index is -0.426. The lowest BCUT2D eigenvalue weighted by atomic mass is 10.0. The zero-order valence-corrected chi connectivity index (χ0v) is 14.8. The summed E-state index contributed by atoms with van der Waals surface area (Å²) in [6.45, 7) is 1.86. The number of nitrogens with one attached hydrogen (secondary N) is 1. The Morgan fingerprint density at radius 1 is 1.31 bits per heavy atom. The number of halogens is 1. The lowest BCUT2D eigenvalue weighted by molar-refractivity contribution is 0.387. The summed E-state index contributed by atoms with van der Waals surface area (Å²) in [4.78, 5) is 10.9. The van der Waals surface area contributed by atoms with E-state index in [9.17, 15) is 4.39 Å². The molecule has 1 aliphatic heterocycles. The van der Waals surface area contributed by atoms with Gasteiger partial charge in [-0.15, -0.1) is 0 Å². The Kier molecular flexibility index (Phi) is 4.32. The quantitative estimate of drug-likeness (QED) is 0.775. The van der Waals surface area contributed by atoms with Gasteiger partial charge in [-0.3, -0.25) is 4.68 Å². The maximum atomic E-state index is 13.9. The Morgan fingerprint density at radius 2 is 2.19 bits per heavy atom. The molecule has 1 atom stereocenters. The van der Waals surface area contributed by atoms with Crippen LogP contribution in [0.25, 0.3) is 10.9 Å². The van der Waals surface area contributed by atoms with E-state index in [0.29, 0.717) is 11.3 Å². The van der Waals surface area contributed by atoms with Crippen molar-refractivity contribution in [3.8, 4) is 5.75 Å². The van der Waals surface area contributed by atoms with Crippen LogP contribution in [0.15, 0.2) is 30.9 Å². The molecular formula is C18H21FN6O. The van der Waals surface area contributed by atoms with E-state index in [2.05, 4.69) is 25.3 Å². The van der Waals surface area contributed by atoms with Crippen molar-refractivity contribution in [2.24, 2.45) is 7.05 Å². The zero-order valence-electron chi connectivity index (χ0n) is 14.8. The van der Waals surface area contributed by atoms with Crippen molar-refractivity contribution in [2.75, 3.05) is 30.4 Å². The summed E-state index contributed by atoms with van der Waals surface area (Å²) in [5.74, 6) is 0.465. The zero-order chi connectivity index (χ0) is 18.1. The Hall–Kier alpha value is -2.90. The first kappa shape index (κ1) is 16.6. The Bertz CT molecular complexity index is 927. The van der Waals surface area contributed by atoms with E-state index in [4.69, 9.17) is 4.74 Å². The third-order valence-corrected chi connectivity index (χ3v) is 4.73. The van der Waals surface area contributed by atoms with Gasteiger partial charge in [-0.05, 0) is 18.9 Å². The van der Waals surface area contributed by atoms with Crippen molar-refractivity contribution in [3.05, 3.63) is 36.7 Å². The van der Waals surface area contributed by atoms with Crippen LogP contribution in [0, 0.1) is 5.82 Å². The summed E-state index contributed by atoms with van der Waals surface area (Å²) in [5.41, 5.74) is 1.68. The lowest BCUT2D eigenvalue weighted by Crippen LogP contribution is -2.42. The molecule has 3 heterocycles. The minimum Gasteiger partial charge on any atom is -0.494 e. The van der Waals surface area contributed by atoms with Crippen molar-refractivity contribution < 1.29 is 9.13 Å². The molecule has 1 aliphatic rings. The number of nitrogens with zero attached hydrogens (tertiary/aromatic N) is 5. The average Bonchev–Trinajstić information content (AvgIpc) is 3.08. The molecule has 1 N–H and O–H groups in total. The fourth-order valence-electron chi connectivity index (χ4n) is 3.42. The van der Waals surface area contributed by atoms with E-state index in [-0.39, 0.29) is 11.8 Å². The number of fused-ring (bicyclic) bond motifs is 1. The first-order valence-electron chi connectivity index (χ1n) is 8.62. The molecule has 4 rings (SSSR count). The van der Waals surface area contributed by atoms with E-state index in [1.54, 1.807) is 6.07 Å². The van der Waals surface area contributed by atoms with E-state index in [1.165, 1.54) is 19.5 Å². The van der Waals surface area contributed by atoms with Crippen LogP contribution in [0.3, 0.4) is 0 Å². The summed E-state index contributed by atoms with van der Waals surface area (Å²) < 4.78 is 20.8.